The van der Waals surface area contributed by atoms with E-state index >= 15 is 0 Å². The number of likely N-dealkylation sites (tertiary alicyclic amines) is 1. The maximum Gasteiger partial charge on any atom is 0.261 e. The van der Waals surface area contributed by atoms with E-state index in [1.807, 2.05) is 55.5 Å². The van der Waals surface area contributed by atoms with Crippen LogP contribution in [0.25, 0.3) is 0 Å². The number of rotatable bonds is 8. The fraction of sp³-hybridized carbons (Fsp3) is 0.483. The van der Waals surface area contributed by atoms with Crippen molar-refractivity contribution in [2.45, 2.75) is 63.6 Å². The van der Waals surface area contributed by atoms with Gasteiger partial charge in [-0.3, -0.25) is 24.1 Å². The molecule has 0 radical (unpaired) electrons. The van der Waals surface area contributed by atoms with Crippen molar-refractivity contribution in [3.8, 4) is 5.75 Å². The fourth-order valence-corrected chi connectivity index (χ4v) is 5.80. The van der Waals surface area contributed by atoms with Gasteiger partial charge in [-0.25, -0.2) is 0 Å². The molecule has 37 heavy (non-hydrogen) atoms. The summed E-state index contributed by atoms with van der Waals surface area (Å²) in [7, 11) is 1.63. The van der Waals surface area contributed by atoms with Gasteiger partial charge in [0.1, 0.15) is 12.3 Å². The number of methoxy groups -OCH3 is 1. The van der Waals surface area contributed by atoms with Crippen molar-refractivity contribution in [1.29, 1.82) is 0 Å². The molecular weight excluding hydrogens is 470 g/mol. The number of benzene rings is 2. The second-order valence-corrected chi connectivity index (χ2v) is 10.3. The molecule has 0 aromatic heterocycles. The summed E-state index contributed by atoms with van der Waals surface area (Å²) in [4.78, 5) is 47.5. The van der Waals surface area contributed by atoms with Gasteiger partial charge in [0, 0.05) is 12.6 Å². The lowest BCUT2D eigenvalue weighted by molar-refractivity contribution is -0.183. The van der Waals surface area contributed by atoms with E-state index in [0.29, 0.717) is 13.0 Å². The number of nitrogens with zero attached hydrogens (tertiary/aromatic N) is 2. The number of carbonyl (C=O) groups is 3. The van der Waals surface area contributed by atoms with Gasteiger partial charge in [-0.1, -0.05) is 61.2 Å². The third-order valence-electron chi connectivity index (χ3n) is 7.78. The molecule has 1 aliphatic carbocycles. The second-order valence-electron chi connectivity index (χ2n) is 10.3. The molecule has 8 heteroatoms. The number of hydrogen-bond donors (Lipinski definition) is 1. The lowest BCUT2D eigenvalue weighted by Crippen LogP contribution is -2.45. The van der Waals surface area contributed by atoms with E-state index < -0.39 is 18.1 Å². The number of amides is 3. The molecule has 8 nitrogen and oxygen atoms in total. The van der Waals surface area contributed by atoms with Crippen LogP contribution in [0.15, 0.2) is 48.5 Å². The summed E-state index contributed by atoms with van der Waals surface area (Å²) in [5.41, 5.74) is 3.06. The second kappa shape index (κ2) is 11.0. The average molecular weight is 506 g/mol. The molecule has 3 aliphatic rings. The Morgan fingerprint density at radius 1 is 1.00 bits per heavy atom. The average Bonchev–Trinajstić information content (AvgIpc) is 3.39. The maximum atomic E-state index is 13.6. The molecule has 0 spiro atoms. The van der Waals surface area contributed by atoms with Gasteiger partial charge in [0.05, 0.1) is 19.1 Å². The summed E-state index contributed by atoms with van der Waals surface area (Å²) in [6, 6.07) is 15.1. The fourth-order valence-electron chi connectivity index (χ4n) is 5.80. The van der Waals surface area contributed by atoms with Crippen molar-refractivity contribution < 1.29 is 24.0 Å². The zero-order valence-electron chi connectivity index (χ0n) is 21.5. The van der Waals surface area contributed by atoms with E-state index in [1.165, 1.54) is 9.96 Å². The largest absolute Gasteiger partial charge is 0.497 e. The van der Waals surface area contributed by atoms with Crippen molar-refractivity contribution in [1.82, 2.24) is 15.3 Å². The van der Waals surface area contributed by atoms with Crippen LogP contribution in [0.3, 0.4) is 0 Å². The molecule has 0 bridgehead atoms. The third-order valence-corrected chi connectivity index (χ3v) is 7.78. The van der Waals surface area contributed by atoms with Crippen LogP contribution < -0.4 is 10.1 Å². The predicted molar refractivity (Wildman–Crippen MR) is 137 cm³/mol. The van der Waals surface area contributed by atoms with Gasteiger partial charge in [-0.15, -0.1) is 0 Å². The zero-order valence-corrected chi connectivity index (χ0v) is 21.5. The minimum Gasteiger partial charge on any atom is -0.497 e. The van der Waals surface area contributed by atoms with E-state index in [9.17, 15) is 14.4 Å². The summed E-state index contributed by atoms with van der Waals surface area (Å²) < 4.78 is 5.19. The molecule has 2 aliphatic heterocycles. The summed E-state index contributed by atoms with van der Waals surface area (Å²) in [6.45, 7) is 2.41. The number of ether oxygens (including phenoxy) is 1. The van der Waals surface area contributed by atoms with Gasteiger partial charge in [0.25, 0.3) is 5.91 Å². The number of nitrogens with one attached hydrogen (secondary N) is 1. The first-order valence-corrected chi connectivity index (χ1v) is 13.2. The Kier molecular flexibility index (Phi) is 7.58. The van der Waals surface area contributed by atoms with Crippen molar-refractivity contribution in [3.63, 3.8) is 0 Å². The Hall–Kier alpha value is -3.23. The van der Waals surface area contributed by atoms with Crippen LogP contribution in [-0.2, 0) is 25.6 Å². The van der Waals surface area contributed by atoms with Crippen molar-refractivity contribution in [2.24, 2.45) is 5.92 Å². The monoisotopic (exact) mass is 505 g/mol. The lowest BCUT2D eigenvalue weighted by atomic mass is 9.90. The molecule has 196 valence electrons. The molecule has 1 saturated carbocycles. The van der Waals surface area contributed by atoms with E-state index in [2.05, 4.69) is 5.32 Å². The smallest absolute Gasteiger partial charge is 0.261 e. The molecule has 2 aromatic carbocycles. The quantitative estimate of drug-likeness (QED) is 0.554. The molecule has 3 fully saturated rings. The predicted octanol–water partition coefficient (Wildman–Crippen LogP) is 3.34. The van der Waals surface area contributed by atoms with Gasteiger partial charge in [-0.2, -0.15) is 5.06 Å². The number of aryl methyl sites for hydroxylation is 1. The highest BCUT2D eigenvalue weighted by molar-refractivity contribution is 6.07. The molecule has 2 saturated heterocycles. The van der Waals surface area contributed by atoms with Crippen LogP contribution in [-0.4, -0.2) is 60.0 Å². The highest BCUT2D eigenvalue weighted by Crippen LogP contribution is 2.46. The Balaban J connectivity index is 1.28. The molecule has 3 amide bonds. The number of imide groups is 1. The van der Waals surface area contributed by atoms with Crippen LogP contribution in [0.5, 0.6) is 5.75 Å². The number of hydroxylamine groups is 2. The molecule has 2 aromatic rings. The summed E-state index contributed by atoms with van der Waals surface area (Å²) in [6.07, 6.45) is 4.70. The van der Waals surface area contributed by atoms with Crippen molar-refractivity contribution >= 4 is 17.7 Å². The Bertz CT molecular complexity index is 1130. The summed E-state index contributed by atoms with van der Waals surface area (Å²) in [5.74, 6) is -0.506. The molecule has 2 heterocycles. The van der Waals surface area contributed by atoms with Gasteiger partial charge < -0.3 is 10.1 Å². The molecule has 3 unspecified atom stereocenters. The topological polar surface area (TPSA) is 88.2 Å². The third kappa shape index (κ3) is 5.26. The van der Waals surface area contributed by atoms with Gasteiger partial charge in [0.15, 0.2) is 6.10 Å². The van der Waals surface area contributed by atoms with Crippen LogP contribution in [0.4, 0.5) is 0 Å². The zero-order chi connectivity index (χ0) is 25.9. The lowest BCUT2D eigenvalue weighted by Gasteiger charge is -2.32. The summed E-state index contributed by atoms with van der Waals surface area (Å²) in [5, 5.41) is 4.48. The van der Waals surface area contributed by atoms with Crippen LogP contribution in [0.1, 0.15) is 54.8 Å². The summed E-state index contributed by atoms with van der Waals surface area (Å²) >= 11 is 0. The van der Waals surface area contributed by atoms with Crippen molar-refractivity contribution in [2.75, 3.05) is 20.2 Å². The first-order valence-electron chi connectivity index (χ1n) is 13.2. The Labute approximate surface area is 217 Å². The highest BCUT2D eigenvalue weighted by Gasteiger charge is 2.60. The van der Waals surface area contributed by atoms with Gasteiger partial charge in [0.2, 0.25) is 11.8 Å². The Morgan fingerprint density at radius 2 is 1.70 bits per heavy atom. The minimum absolute atomic E-state index is 0.0451. The molecular formula is C29H35N3O5. The standard InChI is InChI=1S/C29H35N3O5/c1-19-8-12-21(13-9-19)26-25-27(29(35)32(28(25)34)22-6-4-3-5-7-22)37-31(26)18-24(33)30-17-16-20-10-14-23(36-2)15-11-20/h8-15,22,25-27H,3-7,16-18H2,1-2H3,(H,30,33). The van der Waals surface area contributed by atoms with Crippen LogP contribution in [0, 0.1) is 12.8 Å². The number of carbonyl (C=O) groups excluding carboxylic acids is 3. The van der Waals surface area contributed by atoms with E-state index in [4.69, 9.17) is 9.57 Å². The van der Waals surface area contributed by atoms with Crippen LogP contribution in [0.2, 0.25) is 0 Å². The number of hydrogen-bond acceptors (Lipinski definition) is 6. The first kappa shape index (κ1) is 25.4. The van der Waals surface area contributed by atoms with Crippen molar-refractivity contribution in [3.05, 3.63) is 65.2 Å². The van der Waals surface area contributed by atoms with Gasteiger partial charge >= 0.3 is 0 Å². The maximum absolute atomic E-state index is 13.6. The number of fused-ring (bicyclic) bond motifs is 1. The first-order chi connectivity index (χ1) is 18.0. The molecule has 1 N–H and O–H groups in total. The highest BCUT2D eigenvalue weighted by atomic mass is 16.7. The molecule has 5 rings (SSSR count). The van der Waals surface area contributed by atoms with Gasteiger partial charge in [-0.05, 0) is 49.4 Å². The van der Waals surface area contributed by atoms with E-state index in [1.54, 1.807) is 7.11 Å². The van der Waals surface area contributed by atoms with E-state index in [0.717, 1.165) is 54.5 Å². The SMILES string of the molecule is COc1ccc(CCNC(=O)CN2OC3C(=O)N(C4CCCCC4)C(=O)C3C2c2ccc(C)cc2)cc1. The minimum atomic E-state index is -0.882. The van der Waals surface area contributed by atoms with E-state index in [-0.39, 0.29) is 30.3 Å². The normalized spacial score (nSPS) is 24.4. The molecule has 3 atom stereocenters. The van der Waals surface area contributed by atoms with Crippen LogP contribution >= 0.6 is 0 Å². The Morgan fingerprint density at radius 3 is 2.38 bits per heavy atom.